The third kappa shape index (κ3) is 2.59. The third-order valence-corrected chi connectivity index (χ3v) is 3.36. The van der Waals surface area contributed by atoms with Gasteiger partial charge in [-0.05, 0) is 25.0 Å². The molecule has 0 atom stereocenters. The van der Waals surface area contributed by atoms with Gasteiger partial charge in [-0.2, -0.15) is 0 Å². The Morgan fingerprint density at radius 3 is 2.41 bits per heavy atom. The van der Waals surface area contributed by atoms with Gasteiger partial charge in [-0.3, -0.25) is 0 Å². The first kappa shape index (κ1) is 11.9. The van der Waals surface area contributed by atoms with Crippen LogP contribution in [0.25, 0.3) is 0 Å². The summed E-state index contributed by atoms with van der Waals surface area (Å²) in [6, 6.07) is 10.4. The average Bonchev–Trinajstić information content (AvgIpc) is 2.76. The Kier molecular flexibility index (Phi) is 3.64. The van der Waals surface area contributed by atoms with E-state index in [1.807, 2.05) is 18.2 Å². The molecular weight excluding hydrogens is 208 g/mol. The van der Waals surface area contributed by atoms with Crippen molar-refractivity contribution in [2.75, 3.05) is 18.1 Å². The predicted octanol–water partition coefficient (Wildman–Crippen LogP) is 3.15. The fourth-order valence-electron chi connectivity index (χ4n) is 2.47. The van der Waals surface area contributed by atoms with Crippen molar-refractivity contribution in [2.24, 2.45) is 5.41 Å². The van der Waals surface area contributed by atoms with Gasteiger partial charge in [0.15, 0.2) is 0 Å². The summed E-state index contributed by atoms with van der Waals surface area (Å²) in [7, 11) is 0. The Morgan fingerprint density at radius 2 is 1.82 bits per heavy atom. The maximum Gasteiger partial charge on any atom is 0.0519 e. The molecular formula is C15H20N2. The number of nitrogens with zero attached hydrogens (tertiary/aromatic N) is 1. The molecule has 2 rings (SSSR count). The molecule has 1 saturated heterocycles. The summed E-state index contributed by atoms with van der Waals surface area (Å²) < 4.78 is 0. The second-order valence-electron chi connectivity index (χ2n) is 4.74. The monoisotopic (exact) mass is 228 g/mol. The number of benzene rings is 1. The molecule has 1 aromatic rings. The zero-order valence-corrected chi connectivity index (χ0v) is 10.2. The highest BCUT2D eigenvalue weighted by atomic mass is 15.5. The first-order valence-electron chi connectivity index (χ1n) is 6.07. The lowest BCUT2D eigenvalue weighted by atomic mass is 9.82. The molecule has 2 nitrogen and oxygen atoms in total. The molecule has 2 heteroatoms. The molecule has 0 unspecified atom stereocenters. The van der Waals surface area contributed by atoms with Crippen LogP contribution in [0.5, 0.6) is 0 Å². The van der Waals surface area contributed by atoms with Gasteiger partial charge in [-0.1, -0.05) is 30.4 Å². The van der Waals surface area contributed by atoms with Crippen molar-refractivity contribution in [1.29, 1.82) is 0 Å². The minimum absolute atomic E-state index is 0.249. The summed E-state index contributed by atoms with van der Waals surface area (Å²) in [5, 5.41) is 2.23. The SMILES string of the molecule is C=CCC1(CC=C)CNN(c2ccccc2)C1. The number of hydrogen-bond donors (Lipinski definition) is 1. The largest absolute Gasteiger partial charge is 0.308 e. The Labute approximate surface area is 104 Å². The van der Waals surface area contributed by atoms with Crippen LogP contribution in [0.4, 0.5) is 5.69 Å². The second-order valence-corrected chi connectivity index (χ2v) is 4.74. The van der Waals surface area contributed by atoms with Crippen molar-refractivity contribution >= 4 is 5.69 Å². The van der Waals surface area contributed by atoms with Crippen LogP contribution in [0.1, 0.15) is 12.8 Å². The summed E-state index contributed by atoms with van der Waals surface area (Å²) in [5.41, 5.74) is 4.95. The van der Waals surface area contributed by atoms with E-state index in [9.17, 15) is 0 Å². The molecule has 1 aliphatic rings. The molecule has 17 heavy (non-hydrogen) atoms. The van der Waals surface area contributed by atoms with E-state index >= 15 is 0 Å². The van der Waals surface area contributed by atoms with Crippen molar-refractivity contribution in [1.82, 2.24) is 5.43 Å². The molecule has 0 aliphatic carbocycles. The molecule has 0 aromatic heterocycles. The Hall–Kier alpha value is -1.54. The van der Waals surface area contributed by atoms with Crippen molar-refractivity contribution in [2.45, 2.75) is 12.8 Å². The van der Waals surface area contributed by atoms with E-state index in [1.54, 1.807) is 0 Å². The molecule has 0 saturated carbocycles. The average molecular weight is 228 g/mol. The summed E-state index contributed by atoms with van der Waals surface area (Å²) in [6.45, 7) is 9.73. The van der Waals surface area contributed by atoms with Crippen LogP contribution in [0.15, 0.2) is 55.6 Å². The maximum atomic E-state index is 3.87. The third-order valence-electron chi connectivity index (χ3n) is 3.36. The molecule has 1 aliphatic heterocycles. The topological polar surface area (TPSA) is 15.3 Å². The van der Waals surface area contributed by atoms with Gasteiger partial charge in [0.05, 0.1) is 5.69 Å². The van der Waals surface area contributed by atoms with Crippen LogP contribution in [-0.4, -0.2) is 13.1 Å². The normalized spacial score (nSPS) is 18.0. The predicted molar refractivity (Wildman–Crippen MR) is 73.9 cm³/mol. The van der Waals surface area contributed by atoms with Crippen LogP contribution >= 0.6 is 0 Å². The van der Waals surface area contributed by atoms with Gasteiger partial charge in [0.1, 0.15) is 0 Å². The van der Waals surface area contributed by atoms with E-state index in [0.717, 1.165) is 25.9 Å². The molecule has 1 heterocycles. The molecule has 1 fully saturated rings. The summed E-state index contributed by atoms with van der Waals surface area (Å²) in [6.07, 6.45) is 6.07. The van der Waals surface area contributed by atoms with Gasteiger partial charge in [-0.25, -0.2) is 5.43 Å². The molecule has 0 bridgehead atoms. The number of para-hydroxylation sites is 1. The van der Waals surface area contributed by atoms with Gasteiger partial charge >= 0.3 is 0 Å². The lowest BCUT2D eigenvalue weighted by Crippen LogP contribution is -2.30. The second kappa shape index (κ2) is 5.19. The molecule has 90 valence electrons. The van der Waals surface area contributed by atoms with Gasteiger partial charge in [-0.15, -0.1) is 13.2 Å². The zero-order chi connectivity index (χ0) is 12.1. The molecule has 0 amide bonds. The number of anilines is 1. The highest BCUT2D eigenvalue weighted by molar-refractivity contribution is 5.46. The fraction of sp³-hybridized carbons (Fsp3) is 0.333. The van der Waals surface area contributed by atoms with Crippen LogP contribution in [0.2, 0.25) is 0 Å². The van der Waals surface area contributed by atoms with E-state index in [0.29, 0.717) is 0 Å². The summed E-state index contributed by atoms with van der Waals surface area (Å²) in [5.74, 6) is 0. The van der Waals surface area contributed by atoms with E-state index in [2.05, 4.69) is 47.9 Å². The fourth-order valence-corrected chi connectivity index (χ4v) is 2.47. The van der Waals surface area contributed by atoms with E-state index in [1.165, 1.54) is 5.69 Å². The number of hydrazine groups is 1. The first-order chi connectivity index (χ1) is 8.29. The standard InChI is InChI=1S/C15H20N2/c1-3-10-15(11-4-2)12-16-17(13-15)14-8-6-5-7-9-14/h3-9,16H,1-2,10-13H2. The molecule has 1 N–H and O–H groups in total. The lowest BCUT2D eigenvalue weighted by Gasteiger charge is -2.25. The Morgan fingerprint density at radius 1 is 1.18 bits per heavy atom. The highest BCUT2D eigenvalue weighted by Crippen LogP contribution is 2.33. The van der Waals surface area contributed by atoms with Gasteiger partial charge in [0, 0.05) is 18.5 Å². The van der Waals surface area contributed by atoms with Gasteiger partial charge in [0.25, 0.3) is 0 Å². The van der Waals surface area contributed by atoms with Gasteiger partial charge < -0.3 is 5.01 Å². The van der Waals surface area contributed by atoms with E-state index < -0.39 is 0 Å². The van der Waals surface area contributed by atoms with Gasteiger partial charge in [0.2, 0.25) is 0 Å². The summed E-state index contributed by atoms with van der Waals surface area (Å²) >= 11 is 0. The van der Waals surface area contributed by atoms with E-state index in [-0.39, 0.29) is 5.41 Å². The first-order valence-corrected chi connectivity index (χ1v) is 6.07. The van der Waals surface area contributed by atoms with Crippen LogP contribution in [-0.2, 0) is 0 Å². The van der Waals surface area contributed by atoms with Crippen LogP contribution < -0.4 is 10.4 Å². The van der Waals surface area contributed by atoms with E-state index in [4.69, 9.17) is 0 Å². The Balaban J connectivity index is 2.11. The van der Waals surface area contributed by atoms with Crippen molar-refractivity contribution < 1.29 is 0 Å². The van der Waals surface area contributed by atoms with Crippen LogP contribution in [0.3, 0.4) is 0 Å². The number of nitrogens with one attached hydrogen (secondary N) is 1. The summed E-state index contributed by atoms with van der Waals surface area (Å²) in [4.78, 5) is 0. The van der Waals surface area contributed by atoms with Crippen molar-refractivity contribution in [3.05, 3.63) is 55.6 Å². The minimum Gasteiger partial charge on any atom is -0.308 e. The number of allylic oxidation sites excluding steroid dienone is 2. The smallest absolute Gasteiger partial charge is 0.0519 e. The van der Waals surface area contributed by atoms with Crippen LogP contribution in [0, 0.1) is 5.41 Å². The number of hydrogen-bond acceptors (Lipinski definition) is 2. The molecule has 1 aromatic carbocycles. The Bertz CT molecular complexity index is 373. The highest BCUT2D eigenvalue weighted by Gasteiger charge is 2.36. The quantitative estimate of drug-likeness (QED) is 0.779. The zero-order valence-electron chi connectivity index (χ0n) is 10.2. The minimum atomic E-state index is 0.249. The molecule has 0 spiro atoms. The number of rotatable bonds is 5. The molecule has 0 radical (unpaired) electrons. The van der Waals surface area contributed by atoms with Crippen molar-refractivity contribution in [3.63, 3.8) is 0 Å². The lowest BCUT2D eigenvalue weighted by molar-refractivity contribution is 0.358. The maximum absolute atomic E-state index is 3.87. The van der Waals surface area contributed by atoms with Crippen molar-refractivity contribution in [3.8, 4) is 0 Å².